The number of aromatic nitrogens is 1. The van der Waals surface area contributed by atoms with Gasteiger partial charge in [0, 0.05) is 17.4 Å². The summed E-state index contributed by atoms with van der Waals surface area (Å²) in [5.41, 5.74) is 4.43. The van der Waals surface area contributed by atoms with E-state index in [2.05, 4.69) is 4.98 Å². The quantitative estimate of drug-likeness (QED) is 0.397. The standard InChI is InChI=1S/C25H22N2O3/c1-15-7-6-8-18(13-15)27-22(20-9-4-5-12-26-20)21(24(29)25(27)30)23(28)19-14-16(2)10-11-17(19)3/h4-14,22,28H,1-3H3/b23-21+. The van der Waals surface area contributed by atoms with Gasteiger partial charge in [-0.1, -0.05) is 35.9 Å². The molecule has 1 fully saturated rings. The number of aliphatic hydroxyl groups is 1. The van der Waals surface area contributed by atoms with Crippen molar-refractivity contribution in [3.63, 3.8) is 0 Å². The molecule has 1 saturated heterocycles. The number of rotatable bonds is 3. The van der Waals surface area contributed by atoms with Crippen molar-refractivity contribution < 1.29 is 14.7 Å². The lowest BCUT2D eigenvalue weighted by Crippen LogP contribution is -2.29. The first-order chi connectivity index (χ1) is 14.4. The normalized spacial score (nSPS) is 18.1. The van der Waals surface area contributed by atoms with Gasteiger partial charge in [-0.15, -0.1) is 0 Å². The minimum absolute atomic E-state index is 0.0499. The Hall–Kier alpha value is -3.73. The third-order valence-corrected chi connectivity index (χ3v) is 5.34. The highest BCUT2D eigenvalue weighted by Gasteiger charge is 2.47. The van der Waals surface area contributed by atoms with E-state index in [1.807, 2.05) is 57.2 Å². The maximum absolute atomic E-state index is 13.1. The number of hydrogen-bond donors (Lipinski definition) is 1. The molecular formula is C25H22N2O3. The van der Waals surface area contributed by atoms with Crippen molar-refractivity contribution in [2.75, 3.05) is 4.90 Å². The van der Waals surface area contributed by atoms with Crippen LogP contribution in [0.1, 0.15) is 34.0 Å². The molecule has 2 aromatic carbocycles. The molecule has 2 heterocycles. The highest BCUT2D eigenvalue weighted by atomic mass is 16.3. The summed E-state index contributed by atoms with van der Waals surface area (Å²) < 4.78 is 0. The zero-order chi connectivity index (χ0) is 21.4. The van der Waals surface area contributed by atoms with Gasteiger partial charge < -0.3 is 5.11 Å². The van der Waals surface area contributed by atoms with Gasteiger partial charge in [-0.25, -0.2) is 0 Å². The molecule has 1 aliphatic heterocycles. The number of pyridine rings is 1. The van der Waals surface area contributed by atoms with Crippen molar-refractivity contribution in [3.05, 3.63) is 100 Å². The number of Topliss-reactive ketones (excluding diaryl/α,β-unsaturated/α-hetero) is 1. The van der Waals surface area contributed by atoms with Gasteiger partial charge in [-0.2, -0.15) is 0 Å². The van der Waals surface area contributed by atoms with Crippen LogP contribution in [0.3, 0.4) is 0 Å². The molecule has 0 radical (unpaired) electrons. The molecule has 150 valence electrons. The molecule has 1 unspecified atom stereocenters. The van der Waals surface area contributed by atoms with Gasteiger partial charge in [-0.3, -0.25) is 19.5 Å². The zero-order valence-corrected chi connectivity index (χ0v) is 17.1. The van der Waals surface area contributed by atoms with Gasteiger partial charge in [0.15, 0.2) is 0 Å². The summed E-state index contributed by atoms with van der Waals surface area (Å²) in [6.45, 7) is 5.70. The van der Waals surface area contributed by atoms with Crippen LogP contribution in [0.15, 0.2) is 72.4 Å². The van der Waals surface area contributed by atoms with E-state index in [0.717, 1.165) is 16.7 Å². The van der Waals surface area contributed by atoms with Crippen LogP contribution in [-0.2, 0) is 9.59 Å². The molecule has 1 aromatic heterocycles. The lowest BCUT2D eigenvalue weighted by Gasteiger charge is -2.25. The van der Waals surface area contributed by atoms with Crippen molar-refractivity contribution in [3.8, 4) is 0 Å². The smallest absolute Gasteiger partial charge is 0.300 e. The first-order valence-electron chi connectivity index (χ1n) is 9.74. The Labute approximate surface area is 175 Å². The van der Waals surface area contributed by atoms with Crippen LogP contribution in [0.25, 0.3) is 5.76 Å². The van der Waals surface area contributed by atoms with Gasteiger partial charge >= 0.3 is 0 Å². The molecule has 1 atom stereocenters. The first-order valence-corrected chi connectivity index (χ1v) is 9.74. The van der Waals surface area contributed by atoms with Crippen LogP contribution in [0.2, 0.25) is 0 Å². The molecular weight excluding hydrogens is 376 g/mol. The molecule has 30 heavy (non-hydrogen) atoms. The average molecular weight is 398 g/mol. The van der Waals surface area contributed by atoms with Crippen molar-refractivity contribution >= 4 is 23.1 Å². The van der Waals surface area contributed by atoms with E-state index < -0.39 is 17.7 Å². The Bertz CT molecular complexity index is 1180. The second-order valence-electron chi connectivity index (χ2n) is 7.58. The Morgan fingerprint density at radius 1 is 0.933 bits per heavy atom. The number of hydrogen-bond acceptors (Lipinski definition) is 4. The maximum Gasteiger partial charge on any atom is 0.300 e. The van der Waals surface area contributed by atoms with Gasteiger partial charge in [0.1, 0.15) is 11.8 Å². The lowest BCUT2D eigenvalue weighted by atomic mass is 9.95. The Morgan fingerprint density at radius 3 is 2.40 bits per heavy atom. The summed E-state index contributed by atoms with van der Waals surface area (Å²) in [5.74, 6) is -1.57. The Balaban J connectivity index is 1.98. The first kappa shape index (κ1) is 19.6. The Morgan fingerprint density at radius 2 is 1.70 bits per heavy atom. The third-order valence-electron chi connectivity index (χ3n) is 5.34. The summed E-state index contributed by atoms with van der Waals surface area (Å²) in [6, 6.07) is 17.6. The molecule has 0 spiro atoms. The van der Waals surface area contributed by atoms with Crippen LogP contribution in [0, 0.1) is 20.8 Å². The van der Waals surface area contributed by atoms with E-state index in [0.29, 0.717) is 16.9 Å². The molecule has 1 N–H and O–H groups in total. The van der Waals surface area contributed by atoms with Crippen LogP contribution in [-0.4, -0.2) is 21.8 Å². The van der Waals surface area contributed by atoms with Gasteiger partial charge in [0.25, 0.3) is 11.7 Å². The predicted octanol–water partition coefficient (Wildman–Crippen LogP) is 4.63. The van der Waals surface area contributed by atoms with Crippen molar-refractivity contribution in [2.45, 2.75) is 26.8 Å². The number of nitrogens with zero attached hydrogens (tertiary/aromatic N) is 2. The second kappa shape index (κ2) is 7.59. The third kappa shape index (κ3) is 3.28. The molecule has 0 saturated carbocycles. The summed E-state index contributed by atoms with van der Waals surface area (Å²) in [7, 11) is 0. The van der Waals surface area contributed by atoms with Gasteiger partial charge in [0.2, 0.25) is 0 Å². The Kier molecular flexibility index (Phi) is 4.96. The molecule has 1 aliphatic rings. The van der Waals surface area contributed by atoms with E-state index >= 15 is 0 Å². The highest BCUT2D eigenvalue weighted by molar-refractivity contribution is 6.51. The van der Waals surface area contributed by atoms with E-state index in [4.69, 9.17) is 0 Å². The van der Waals surface area contributed by atoms with Crippen LogP contribution >= 0.6 is 0 Å². The summed E-state index contributed by atoms with van der Waals surface area (Å²) in [5, 5.41) is 11.2. The van der Waals surface area contributed by atoms with E-state index in [-0.39, 0.29) is 11.3 Å². The number of aliphatic hydroxyl groups excluding tert-OH is 1. The fourth-order valence-corrected chi connectivity index (χ4v) is 3.83. The fraction of sp³-hybridized carbons (Fsp3) is 0.160. The monoisotopic (exact) mass is 398 g/mol. The molecule has 5 heteroatoms. The van der Waals surface area contributed by atoms with Crippen molar-refractivity contribution in [1.82, 2.24) is 4.98 Å². The number of amides is 1. The van der Waals surface area contributed by atoms with Crippen molar-refractivity contribution in [2.24, 2.45) is 0 Å². The summed E-state index contributed by atoms with van der Waals surface area (Å²) in [6.07, 6.45) is 1.61. The van der Waals surface area contributed by atoms with E-state index in [1.54, 1.807) is 30.5 Å². The molecule has 0 aliphatic carbocycles. The molecule has 4 rings (SSSR count). The van der Waals surface area contributed by atoms with E-state index in [1.165, 1.54) is 4.90 Å². The average Bonchev–Trinajstić information content (AvgIpc) is 3.01. The zero-order valence-electron chi connectivity index (χ0n) is 17.1. The molecule has 0 bridgehead atoms. The fourth-order valence-electron chi connectivity index (χ4n) is 3.83. The second-order valence-corrected chi connectivity index (χ2v) is 7.58. The van der Waals surface area contributed by atoms with Crippen LogP contribution < -0.4 is 4.90 Å². The van der Waals surface area contributed by atoms with Crippen LogP contribution in [0.5, 0.6) is 0 Å². The lowest BCUT2D eigenvalue weighted by molar-refractivity contribution is -0.132. The number of aryl methyl sites for hydroxylation is 3. The molecule has 3 aromatic rings. The highest BCUT2D eigenvalue weighted by Crippen LogP contribution is 2.42. The number of carbonyl (C=O) groups excluding carboxylic acids is 2. The maximum atomic E-state index is 13.1. The van der Waals surface area contributed by atoms with E-state index in [9.17, 15) is 14.7 Å². The summed E-state index contributed by atoms with van der Waals surface area (Å²) >= 11 is 0. The molecule has 1 amide bonds. The van der Waals surface area contributed by atoms with Crippen molar-refractivity contribution in [1.29, 1.82) is 0 Å². The van der Waals surface area contributed by atoms with Gasteiger partial charge in [-0.05, 0) is 62.2 Å². The largest absolute Gasteiger partial charge is 0.507 e. The number of ketones is 1. The topological polar surface area (TPSA) is 70.5 Å². The SMILES string of the molecule is Cc1cccc(N2C(=O)C(=O)/C(=C(/O)c3cc(C)ccc3C)C2c2ccccn2)c1. The number of benzene rings is 2. The van der Waals surface area contributed by atoms with Crippen LogP contribution in [0.4, 0.5) is 5.69 Å². The minimum Gasteiger partial charge on any atom is -0.507 e. The minimum atomic E-state index is -0.812. The number of carbonyl (C=O) groups is 2. The molecule has 5 nitrogen and oxygen atoms in total. The summed E-state index contributed by atoms with van der Waals surface area (Å²) in [4.78, 5) is 32.1. The van der Waals surface area contributed by atoms with Gasteiger partial charge in [0.05, 0.1) is 11.3 Å². The predicted molar refractivity (Wildman–Crippen MR) is 116 cm³/mol. The number of anilines is 1.